The van der Waals surface area contributed by atoms with Gasteiger partial charge in [0, 0.05) is 25.0 Å². The van der Waals surface area contributed by atoms with Crippen molar-refractivity contribution in [1.82, 2.24) is 4.90 Å². The lowest BCUT2D eigenvalue weighted by Crippen LogP contribution is -2.48. The fraction of sp³-hybridized carbons (Fsp3) is 0.789. The monoisotopic (exact) mass is 327 g/mol. The van der Waals surface area contributed by atoms with E-state index in [0.717, 1.165) is 38.0 Å². The molecule has 0 saturated heterocycles. The summed E-state index contributed by atoms with van der Waals surface area (Å²) in [6.45, 7) is 18.0. The van der Waals surface area contributed by atoms with Crippen LogP contribution in [0.3, 0.4) is 0 Å². The molecule has 0 aromatic heterocycles. The van der Waals surface area contributed by atoms with E-state index in [4.69, 9.17) is 9.84 Å². The predicted molar refractivity (Wildman–Crippen MR) is 97.5 cm³/mol. The summed E-state index contributed by atoms with van der Waals surface area (Å²) in [4.78, 5) is 2.43. The molecule has 0 aromatic carbocycles. The second-order valence-electron chi connectivity index (χ2n) is 8.00. The lowest BCUT2D eigenvalue weighted by atomic mass is 9.89. The summed E-state index contributed by atoms with van der Waals surface area (Å²) < 4.78 is 5.99. The summed E-state index contributed by atoms with van der Waals surface area (Å²) in [5.41, 5.74) is -1.22. The van der Waals surface area contributed by atoms with E-state index in [0.29, 0.717) is 0 Å². The zero-order valence-electron chi connectivity index (χ0n) is 16.3. The number of nitrogens with zero attached hydrogens (tertiary/aromatic N) is 1. The molecule has 1 heterocycles. The first kappa shape index (κ1) is 22.0. The molecule has 0 spiro atoms. The van der Waals surface area contributed by atoms with Gasteiger partial charge in [-0.3, -0.25) is 4.90 Å². The number of aliphatic hydroxyl groups excluding tert-OH is 1. The van der Waals surface area contributed by atoms with Crippen LogP contribution in [0.15, 0.2) is 24.2 Å². The highest BCUT2D eigenvalue weighted by atomic mass is 16.5. The van der Waals surface area contributed by atoms with E-state index < -0.39 is 11.2 Å². The minimum Gasteiger partial charge on any atom is -0.516 e. The Morgan fingerprint density at radius 1 is 1.17 bits per heavy atom. The fourth-order valence-corrected chi connectivity index (χ4v) is 1.91. The molecule has 4 heteroatoms. The molecule has 0 aliphatic carbocycles. The van der Waals surface area contributed by atoms with Crippen molar-refractivity contribution in [2.75, 3.05) is 13.1 Å². The summed E-state index contributed by atoms with van der Waals surface area (Å²) >= 11 is 0. The molecular weight excluding hydrogens is 290 g/mol. The Hall–Kier alpha value is -1.00. The van der Waals surface area contributed by atoms with Crippen LogP contribution in [0.2, 0.25) is 0 Å². The van der Waals surface area contributed by atoms with Gasteiger partial charge in [-0.25, -0.2) is 0 Å². The van der Waals surface area contributed by atoms with Crippen molar-refractivity contribution in [3.05, 3.63) is 24.2 Å². The molecule has 0 saturated carbocycles. The molecule has 1 aliphatic heterocycles. The van der Waals surface area contributed by atoms with Crippen LogP contribution in [0.25, 0.3) is 0 Å². The summed E-state index contributed by atoms with van der Waals surface area (Å²) in [5, 5.41) is 18.0. The largest absolute Gasteiger partial charge is 0.516 e. The Morgan fingerprint density at radius 3 is 2.00 bits per heavy atom. The van der Waals surface area contributed by atoms with Gasteiger partial charge in [-0.2, -0.15) is 0 Å². The molecule has 2 N–H and O–H groups in total. The topological polar surface area (TPSA) is 52.9 Å². The van der Waals surface area contributed by atoms with Crippen LogP contribution in [0.1, 0.15) is 68.2 Å². The van der Waals surface area contributed by atoms with Crippen molar-refractivity contribution >= 4 is 0 Å². The highest BCUT2D eigenvalue weighted by Crippen LogP contribution is 2.30. The van der Waals surface area contributed by atoms with Crippen LogP contribution >= 0.6 is 0 Å². The van der Waals surface area contributed by atoms with Gasteiger partial charge in [-0.15, -0.1) is 0 Å². The molecule has 0 fully saturated rings. The lowest BCUT2D eigenvalue weighted by Gasteiger charge is -2.41. The Kier molecular flexibility index (Phi) is 8.36. The number of hydrogen-bond acceptors (Lipinski definition) is 4. The highest BCUT2D eigenvalue weighted by Gasteiger charge is 2.38. The molecule has 0 radical (unpaired) electrons. The number of rotatable bonds is 4. The molecule has 23 heavy (non-hydrogen) atoms. The van der Waals surface area contributed by atoms with Gasteiger partial charge in [0.1, 0.15) is 5.60 Å². The predicted octanol–water partition coefficient (Wildman–Crippen LogP) is 4.41. The third kappa shape index (κ3) is 7.89. The Bertz CT molecular complexity index is 398. The summed E-state index contributed by atoms with van der Waals surface area (Å²) in [6.07, 6.45) is 6.70. The number of allylic oxidation sites excluding steroid dienone is 1. The van der Waals surface area contributed by atoms with E-state index in [1.54, 1.807) is 19.9 Å². The Balaban J connectivity index is 0.000000841. The number of hydrogen-bond donors (Lipinski definition) is 2. The molecule has 0 aromatic rings. The van der Waals surface area contributed by atoms with Crippen molar-refractivity contribution < 1.29 is 14.9 Å². The average Bonchev–Trinajstić information content (AvgIpc) is 2.38. The van der Waals surface area contributed by atoms with Gasteiger partial charge in [0.2, 0.25) is 0 Å². The maximum Gasteiger partial charge on any atom is 0.131 e. The van der Waals surface area contributed by atoms with Crippen LogP contribution in [-0.2, 0) is 4.74 Å². The van der Waals surface area contributed by atoms with E-state index >= 15 is 0 Å². The molecule has 1 aliphatic rings. The molecule has 0 atom stereocenters. The highest BCUT2D eigenvalue weighted by molar-refractivity contribution is 5.05. The van der Waals surface area contributed by atoms with Crippen molar-refractivity contribution in [3.8, 4) is 0 Å². The minimum absolute atomic E-state index is 0.202. The van der Waals surface area contributed by atoms with Gasteiger partial charge in [-0.05, 0) is 61.0 Å². The Morgan fingerprint density at radius 2 is 1.74 bits per heavy atom. The van der Waals surface area contributed by atoms with Crippen molar-refractivity contribution in [2.24, 2.45) is 0 Å². The standard InChI is InChI=1S/C15H29NO2.C4H8O/c1-13(2,3)16-10-8-12(9-11-16)18-15(6,7)14(4,5)17;1-2-3-4-5/h8,17H,9-11H2,1-7H3;3-5H,2H2,1H3/b;4-3+. The van der Waals surface area contributed by atoms with Crippen LogP contribution in [0.5, 0.6) is 0 Å². The van der Waals surface area contributed by atoms with E-state index in [1.807, 2.05) is 20.8 Å². The van der Waals surface area contributed by atoms with E-state index in [9.17, 15) is 5.11 Å². The van der Waals surface area contributed by atoms with Gasteiger partial charge >= 0.3 is 0 Å². The van der Waals surface area contributed by atoms with E-state index in [-0.39, 0.29) is 5.54 Å². The van der Waals surface area contributed by atoms with E-state index in [1.165, 1.54) is 0 Å². The van der Waals surface area contributed by atoms with Crippen molar-refractivity contribution in [3.63, 3.8) is 0 Å². The van der Waals surface area contributed by atoms with Crippen molar-refractivity contribution in [2.45, 2.75) is 85.0 Å². The molecular formula is C19H37NO3. The molecule has 0 unspecified atom stereocenters. The van der Waals surface area contributed by atoms with Crippen LogP contribution in [0.4, 0.5) is 0 Å². The first-order valence-electron chi connectivity index (χ1n) is 8.50. The molecule has 136 valence electrons. The van der Waals surface area contributed by atoms with Crippen LogP contribution < -0.4 is 0 Å². The normalized spacial score (nSPS) is 17.5. The van der Waals surface area contributed by atoms with Gasteiger partial charge in [-0.1, -0.05) is 13.0 Å². The van der Waals surface area contributed by atoms with Crippen LogP contribution in [0, 0.1) is 0 Å². The molecule has 0 bridgehead atoms. The number of ether oxygens (including phenoxy) is 1. The SMILES string of the molecule is CC(C)(C)N1CC=C(OC(C)(C)C(C)(C)O)CC1.CC/C=C/O. The molecule has 4 nitrogen and oxygen atoms in total. The van der Waals surface area contributed by atoms with Gasteiger partial charge in [0.15, 0.2) is 0 Å². The molecule has 1 rings (SSSR count). The fourth-order valence-electron chi connectivity index (χ4n) is 1.91. The van der Waals surface area contributed by atoms with Gasteiger partial charge in [0.05, 0.1) is 17.6 Å². The van der Waals surface area contributed by atoms with Gasteiger partial charge < -0.3 is 14.9 Å². The average molecular weight is 328 g/mol. The minimum atomic E-state index is -0.852. The van der Waals surface area contributed by atoms with Crippen LogP contribution in [-0.4, -0.2) is 44.9 Å². The number of aliphatic hydroxyl groups is 2. The second-order valence-corrected chi connectivity index (χ2v) is 8.00. The Labute approximate surface area is 142 Å². The third-order valence-electron chi connectivity index (χ3n) is 4.32. The maximum atomic E-state index is 10.1. The molecule has 0 amide bonds. The maximum absolute atomic E-state index is 10.1. The zero-order valence-corrected chi connectivity index (χ0v) is 16.3. The second kappa shape index (κ2) is 8.74. The zero-order chi connectivity index (χ0) is 18.3. The summed E-state index contributed by atoms with van der Waals surface area (Å²) in [7, 11) is 0. The lowest BCUT2D eigenvalue weighted by molar-refractivity contribution is -0.126. The summed E-state index contributed by atoms with van der Waals surface area (Å²) in [5.74, 6) is 1.00. The third-order valence-corrected chi connectivity index (χ3v) is 4.32. The first-order chi connectivity index (χ1) is 10.3. The smallest absolute Gasteiger partial charge is 0.131 e. The summed E-state index contributed by atoms with van der Waals surface area (Å²) in [6, 6.07) is 0. The van der Waals surface area contributed by atoms with Gasteiger partial charge in [0.25, 0.3) is 0 Å². The van der Waals surface area contributed by atoms with E-state index in [2.05, 4.69) is 31.7 Å². The first-order valence-corrected chi connectivity index (χ1v) is 8.50. The van der Waals surface area contributed by atoms with Crippen molar-refractivity contribution in [1.29, 1.82) is 0 Å². The quantitative estimate of drug-likeness (QED) is 0.751.